The molecule has 0 spiro atoms. The van der Waals surface area contributed by atoms with E-state index in [0.717, 1.165) is 49.9 Å². The third-order valence-electron chi connectivity index (χ3n) is 11.1. The molecule has 0 N–H and O–H groups in total. The summed E-state index contributed by atoms with van der Waals surface area (Å²) < 4.78 is 11.3. The molecule has 266 valence electrons. The normalized spacial score (nSPS) is 11.9. The van der Waals surface area contributed by atoms with Crippen molar-refractivity contribution in [2.45, 2.75) is 0 Å². The van der Waals surface area contributed by atoms with Crippen molar-refractivity contribution in [2.75, 3.05) is 0 Å². The maximum atomic E-state index is 6.54. The van der Waals surface area contributed by atoms with Crippen LogP contribution >= 0.6 is 11.3 Å². The molecular formula is C51H30N4OS. The Hall–Kier alpha value is -7.41. The van der Waals surface area contributed by atoms with Gasteiger partial charge in [0.25, 0.3) is 0 Å². The molecule has 12 rings (SSSR count). The summed E-state index contributed by atoms with van der Waals surface area (Å²) in [5.41, 5.74) is 10.4. The zero-order valence-corrected chi connectivity index (χ0v) is 31.2. The SMILES string of the molecule is c1ccc(-c2nc(-c3ccc(-c4cc5c6ccccc6oc5c5c4sc4ccccc45)cc3)nc(-c3ccc(-n4c5ccccc5c5ccccc54)cc3)n2)cc1. The Morgan fingerprint density at radius 2 is 0.930 bits per heavy atom. The number of benzene rings is 8. The average molecular weight is 747 g/mol. The van der Waals surface area contributed by atoms with Gasteiger partial charge in [-0.25, -0.2) is 15.0 Å². The molecule has 12 aromatic rings. The van der Waals surface area contributed by atoms with Gasteiger partial charge in [-0.1, -0.05) is 127 Å². The molecule has 0 bridgehead atoms. The highest BCUT2D eigenvalue weighted by Gasteiger charge is 2.20. The minimum absolute atomic E-state index is 0.625. The number of thiophene rings is 1. The number of hydrogen-bond donors (Lipinski definition) is 0. The lowest BCUT2D eigenvalue weighted by molar-refractivity contribution is 0.673. The second-order valence-corrected chi connectivity index (χ2v) is 15.4. The van der Waals surface area contributed by atoms with E-state index in [2.05, 4.69) is 150 Å². The van der Waals surface area contributed by atoms with E-state index >= 15 is 0 Å². The number of rotatable bonds is 5. The Morgan fingerprint density at radius 3 is 1.60 bits per heavy atom. The summed E-state index contributed by atoms with van der Waals surface area (Å²) in [6.45, 7) is 0. The van der Waals surface area contributed by atoms with Crippen LogP contribution in [-0.2, 0) is 0 Å². The van der Waals surface area contributed by atoms with Gasteiger partial charge in [0.1, 0.15) is 11.2 Å². The van der Waals surface area contributed by atoms with Crippen LogP contribution in [0.15, 0.2) is 186 Å². The molecule has 0 unspecified atom stereocenters. The lowest BCUT2D eigenvalue weighted by Gasteiger charge is -2.11. The summed E-state index contributed by atoms with van der Waals surface area (Å²) in [6.07, 6.45) is 0. The van der Waals surface area contributed by atoms with Crippen molar-refractivity contribution in [3.05, 3.63) is 182 Å². The van der Waals surface area contributed by atoms with Crippen LogP contribution in [0.3, 0.4) is 0 Å². The van der Waals surface area contributed by atoms with Crippen LogP contribution in [0.25, 0.3) is 115 Å². The van der Waals surface area contributed by atoms with Crippen LogP contribution in [0.4, 0.5) is 0 Å². The van der Waals surface area contributed by atoms with Gasteiger partial charge in [0, 0.05) is 69.7 Å². The molecule has 0 radical (unpaired) electrons. The van der Waals surface area contributed by atoms with Crippen molar-refractivity contribution in [1.82, 2.24) is 19.5 Å². The number of para-hydroxylation sites is 3. The Labute approximate surface area is 330 Å². The predicted molar refractivity (Wildman–Crippen MR) is 236 cm³/mol. The molecule has 0 aliphatic rings. The van der Waals surface area contributed by atoms with E-state index in [-0.39, 0.29) is 0 Å². The van der Waals surface area contributed by atoms with Crippen LogP contribution in [0, 0.1) is 0 Å². The van der Waals surface area contributed by atoms with Crippen LogP contribution in [0.1, 0.15) is 0 Å². The Morgan fingerprint density at radius 1 is 0.421 bits per heavy atom. The van der Waals surface area contributed by atoms with Crippen LogP contribution in [0.5, 0.6) is 0 Å². The quantitative estimate of drug-likeness (QED) is 0.176. The fourth-order valence-electron chi connectivity index (χ4n) is 8.39. The van der Waals surface area contributed by atoms with E-state index in [1.807, 2.05) is 47.7 Å². The first-order valence-corrected chi connectivity index (χ1v) is 19.8. The number of fused-ring (bicyclic) bond motifs is 10. The van der Waals surface area contributed by atoms with Crippen molar-refractivity contribution in [3.63, 3.8) is 0 Å². The summed E-state index contributed by atoms with van der Waals surface area (Å²) >= 11 is 1.81. The Kier molecular flexibility index (Phi) is 7.03. The van der Waals surface area contributed by atoms with Crippen molar-refractivity contribution in [1.29, 1.82) is 0 Å². The molecule has 8 aromatic carbocycles. The van der Waals surface area contributed by atoms with Gasteiger partial charge in [-0.05, 0) is 60.2 Å². The zero-order valence-electron chi connectivity index (χ0n) is 30.4. The summed E-state index contributed by atoms with van der Waals surface area (Å²) in [5, 5.41) is 7.11. The van der Waals surface area contributed by atoms with Crippen LogP contribution in [0.2, 0.25) is 0 Å². The second kappa shape index (κ2) is 12.6. The number of furan rings is 1. The topological polar surface area (TPSA) is 56.7 Å². The summed E-state index contributed by atoms with van der Waals surface area (Å²) in [6, 6.07) is 63.7. The molecule has 0 aliphatic heterocycles. The molecule has 5 nitrogen and oxygen atoms in total. The third kappa shape index (κ3) is 5.04. The Balaban J connectivity index is 0.977. The van der Waals surface area contributed by atoms with Gasteiger partial charge in [0.05, 0.1) is 11.0 Å². The number of nitrogens with zero attached hydrogens (tertiary/aromatic N) is 4. The molecule has 57 heavy (non-hydrogen) atoms. The molecule has 0 aliphatic carbocycles. The summed E-state index contributed by atoms with van der Waals surface area (Å²) in [5.74, 6) is 1.89. The average Bonchev–Trinajstić information content (AvgIpc) is 3.96. The van der Waals surface area contributed by atoms with Gasteiger partial charge in [-0.15, -0.1) is 11.3 Å². The van der Waals surface area contributed by atoms with Crippen LogP contribution < -0.4 is 0 Å². The molecule has 0 fully saturated rings. The van der Waals surface area contributed by atoms with E-state index in [4.69, 9.17) is 19.4 Å². The minimum Gasteiger partial charge on any atom is -0.455 e. The highest BCUT2D eigenvalue weighted by Crippen LogP contribution is 2.47. The smallest absolute Gasteiger partial charge is 0.164 e. The maximum Gasteiger partial charge on any atom is 0.164 e. The highest BCUT2D eigenvalue weighted by molar-refractivity contribution is 7.26. The maximum absolute atomic E-state index is 6.54. The van der Waals surface area contributed by atoms with E-state index in [1.54, 1.807) is 0 Å². The molecule has 0 saturated carbocycles. The standard InChI is InChI=1S/C51H30N4OS/c1-2-12-32(13-3-1)49-52-50(54-51(53-49)34-26-28-35(29-27-34)55-42-18-8-4-14-36(42)37-15-5-9-19-43(37)55)33-24-22-31(23-25-33)40-30-41-38-16-6-10-20-44(38)56-47(41)46-39-17-7-11-21-45(39)57-48(40)46/h1-30H. The first-order valence-electron chi connectivity index (χ1n) is 19.0. The first kappa shape index (κ1) is 31.9. The van der Waals surface area contributed by atoms with Gasteiger partial charge in [0.15, 0.2) is 17.5 Å². The number of hydrogen-bond acceptors (Lipinski definition) is 5. The van der Waals surface area contributed by atoms with Gasteiger partial charge in [-0.3, -0.25) is 0 Å². The monoisotopic (exact) mass is 746 g/mol. The molecule has 4 aromatic heterocycles. The zero-order chi connectivity index (χ0) is 37.5. The summed E-state index contributed by atoms with van der Waals surface area (Å²) in [4.78, 5) is 15.2. The van der Waals surface area contributed by atoms with E-state index in [9.17, 15) is 0 Å². The van der Waals surface area contributed by atoms with E-state index < -0.39 is 0 Å². The van der Waals surface area contributed by atoms with Crippen molar-refractivity contribution >= 4 is 75.3 Å². The first-order chi connectivity index (χ1) is 28.2. The second-order valence-electron chi connectivity index (χ2n) is 14.4. The van der Waals surface area contributed by atoms with Gasteiger partial charge >= 0.3 is 0 Å². The Bertz CT molecular complexity index is 3450. The van der Waals surface area contributed by atoms with Gasteiger partial charge in [0.2, 0.25) is 0 Å². The van der Waals surface area contributed by atoms with Gasteiger partial charge in [-0.2, -0.15) is 0 Å². The molecule has 6 heteroatoms. The minimum atomic E-state index is 0.625. The molecular weight excluding hydrogens is 717 g/mol. The molecule has 0 amide bonds. The van der Waals surface area contributed by atoms with Crippen molar-refractivity contribution < 1.29 is 4.42 Å². The fourth-order valence-corrected chi connectivity index (χ4v) is 9.63. The molecule has 4 heterocycles. The van der Waals surface area contributed by atoms with Crippen LogP contribution in [-0.4, -0.2) is 19.5 Å². The highest BCUT2D eigenvalue weighted by atomic mass is 32.1. The fraction of sp³-hybridized carbons (Fsp3) is 0. The van der Waals surface area contributed by atoms with Gasteiger partial charge < -0.3 is 8.98 Å². The molecule has 0 atom stereocenters. The molecule has 0 saturated heterocycles. The van der Waals surface area contributed by atoms with E-state index in [1.165, 1.54) is 47.5 Å². The summed E-state index contributed by atoms with van der Waals surface area (Å²) in [7, 11) is 0. The van der Waals surface area contributed by atoms with Crippen molar-refractivity contribution in [2.24, 2.45) is 0 Å². The largest absolute Gasteiger partial charge is 0.455 e. The van der Waals surface area contributed by atoms with Crippen molar-refractivity contribution in [3.8, 4) is 51.0 Å². The lowest BCUT2D eigenvalue weighted by Crippen LogP contribution is -2.00. The lowest BCUT2D eigenvalue weighted by atomic mass is 9.98. The third-order valence-corrected chi connectivity index (χ3v) is 12.3. The van der Waals surface area contributed by atoms with E-state index in [0.29, 0.717) is 17.5 Å². The predicted octanol–water partition coefficient (Wildman–Crippen LogP) is 13.9. The number of aromatic nitrogens is 4.